The molecular formula is C7H19N2O2PS2. The molecule has 0 aromatic carbocycles. The lowest BCUT2D eigenvalue weighted by Gasteiger charge is -2.25. The Morgan fingerprint density at radius 3 is 2.50 bits per heavy atom. The Hall–Kier alpha value is 0.810. The van der Waals surface area contributed by atoms with Crippen molar-refractivity contribution in [1.29, 1.82) is 0 Å². The van der Waals surface area contributed by atoms with Crippen LogP contribution in [0.1, 0.15) is 13.8 Å². The Morgan fingerprint density at radius 1 is 1.57 bits per heavy atom. The monoisotopic (exact) mass is 258 g/mol. The Kier molecular flexibility index (Phi) is 7.56. The fourth-order valence-electron chi connectivity index (χ4n) is 1.03. The van der Waals surface area contributed by atoms with Crippen LogP contribution in [-0.2, 0) is 9.09 Å². The molecule has 0 saturated carbocycles. The second-order valence-corrected chi connectivity index (χ2v) is 7.56. The van der Waals surface area contributed by atoms with Crippen LogP contribution in [0.15, 0.2) is 0 Å². The lowest BCUT2D eigenvalue weighted by molar-refractivity contribution is 0.373. The fourth-order valence-corrected chi connectivity index (χ4v) is 4.40. The molecule has 0 saturated heterocycles. The SMILES string of the molecule is CNCC(C)NP(=O)(OC)C(C)SS. The second-order valence-electron chi connectivity index (χ2n) is 3.07. The highest BCUT2D eigenvalue weighted by molar-refractivity contribution is 8.69. The molecule has 0 heterocycles. The van der Waals surface area contributed by atoms with Gasteiger partial charge in [-0.25, -0.2) is 5.09 Å². The van der Waals surface area contributed by atoms with Gasteiger partial charge in [0, 0.05) is 19.7 Å². The minimum absolute atomic E-state index is 0.105. The number of thiol groups is 1. The van der Waals surface area contributed by atoms with Crippen LogP contribution in [0.25, 0.3) is 0 Å². The van der Waals surface area contributed by atoms with E-state index in [9.17, 15) is 4.57 Å². The van der Waals surface area contributed by atoms with Gasteiger partial charge in [-0.2, -0.15) is 0 Å². The van der Waals surface area contributed by atoms with Crippen LogP contribution in [-0.4, -0.2) is 31.7 Å². The van der Waals surface area contributed by atoms with Crippen LogP contribution in [0.3, 0.4) is 0 Å². The molecule has 0 radical (unpaired) electrons. The molecule has 4 nitrogen and oxygen atoms in total. The van der Waals surface area contributed by atoms with Crippen LogP contribution in [0, 0.1) is 0 Å². The molecular weight excluding hydrogens is 239 g/mol. The topological polar surface area (TPSA) is 50.4 Å². The molecule has 7 heteroatoms. The van der Waals surface area contributed by atoms with Crippen LogP contribution in [0.5, 0.6) is 0 Å². The van der Waals surface area contributed by atoms with E-state index in [-0.39, 0.29) is 11.0 Å². The summed E-state index contributed by atoms with van der Waals surface area (Å²) in [7, 11) is 1.77. The second kappa shape index (κ2) is 7.14. The first-order valence-electron chi connectivity index (χ1n) is 4.38. The zero-order valence-electron chi connectivity index (χ0n) is 8.98. The zero-order chi connectivity index (χ0) is 11.2. The molecule has 0 bridgehead atoms. The highest BCUT2D eigenvalue weighted by Gasteiger charge is 2.30. The normalized spacial score (nSPS) is 20.1. The van der Waals surface area contributed by atoms with E-state index in [1.54, 1.807) is 0 Å². The molecule has 0 rings (SSSR count). The summed E-state index contributed by atoms with van der Waals surface area (Å²) in [6, 6.07) is 0.105. The minimum atomic E-state index is -2.78. The van der Waals surface area contributed by atoms with E-state index >= 15 is 0 Å². The maximum atomic E-state index is 12.2. The van der Waals surface area contributed by atoms with Crippen LogP contribution in [0.4, 0.5) is 0 Å². The van der Waals surface area contributed by atoms with E-state index in [0.717, 1.165) is 6.54 Å². The van der Waals surface area contributed by atoms with Crippen molar-refractivity contribution in [1.82, 2.24) is 10.4 Å². The highest BCUT2D eigenvalue weighted by Crippen LogP contribution is 2.52. The van der Waals surface area contributed by atoms with E-state index in [0.29, 0.717) is 0 Å². The van der Waals surface area contributed by atoms with Gasteiger partial charge in [-0.3, -0.25) is 4.57 Å². The lowest BCUT2D eigenvalue weighted by atomic mass is 10.4. The standard InChI is InChI=1S/C7H19N2O2PS2/c1-6(5-8-3)9-12(10,11-4)7(2)14-13/h6-8,13H,5H2,1-4H3,(H,9,10). The number of likely N-dealkylation sites (N-methyl/N-ethyl adjacent to an activating group) is 1. The third kappa shape index (κ3) is 4.55. The van der Waals surface area contributed by atoms with Gasteiger partial charge in [0.25, 0.3) is 7.52 Å². The van der Waals surface area contributed by atoms with Crippen molar-refractivity contribution in [3.63, 3.8) is 0 Å². The summed E-state index contributed by atoms with van der Waals surface area (Å²) < 4.78 is 17.2. The molecule has 0 aliphatic heterocycles. The molecule has 0 aliphatic rings. The smallest absolute Gasteiger partial charge is 0.283 e. The Balaban J connectivity index is 4.32. The van der Waals surface area contributed by atoms with Crippen molar-refractivity contribution < 1.29 is 9.09 Å². The lowest BCUT2D eigenvalue weighted by Crippen LogP contribution is -2.34. The van der Waals surface area contributed by atoms with Gasteiger partial charge < -0.3 is 9.84 Å². The minimum Gasteiger partial charge on any atom is -0.320 e. The number of hydrogen-bond acceptors (Lipinski definition) is 5. The van der Waals surface area contributed by atoms with Crippen LogP contribution >= 0.6 is 30.0 Å². The highest BCUT2D eigenvalue weighted by atomic mass is 33.1. The summed E-state index contributed by atoms with van der Waals surface area (Å²) in [5.41, 5.74) is 0. The average molecular weight is 258 g/mol. The first-order chi connectivity index (χ1) is 6.50. The number of hydrogen-bond donors (Lipinski definition) is 3. The molecule has 86 valence electrons. The van der Waals surface area contributed by atoms with Crippen LogP contribution < -0.4 is 10.4 Å². The Bertz CT molecular complexity index is 206. The van der Waals surface area contributed by atoms with Gasteiger partial charge in [0.15, 0.2) is 0 Å². The molecule has 2 N–H and O–H groups in total. The summed E-state index contributed by atoms with van der Waals surface area (Å²) in [5, 5.41) is 6.00. The van der Waals surface area contributed by atoms with Crippen molar-refractivity contribution in [2.24, 2.45) is 0 Å². The molecule has 14 heavy (non-hydrogen) atoms. The third-order valence-electron chi connectivity index (χ3n) is 1.81. The molecule has 0 fully saturated rings. The van der Waals surface area contributed by atoms with Gasteiger partial charge in [-0.05, 0) is 20.9 Å². The summed E-state index contributed by atoms with van der Waals surface area (Å²) in [6.07, 6.45) is 0. The molecule has 0 aliphatic carbocycles. The van der Waals surface area contributed by atoms with Gasteiger partial charge in [0.1, 0.15) is 4.99 Å². The maximum Gasteiger partial charge on any atom is 0.283 e. The summed E-state index contributed by atoms with van der Waals surface area (Å²) in [6.45, 7) is 4.54. The molecule has 0 aromatic heterocycles. The molecule has 3 atom stereocenters. The van der Waals surface area contributed by atoms with Gasteiger partial charge in [0.2, 0.25) is 0 Å². The van der Waals surface area contributed by atoms with Gasteiger partial charge in [-0.1, -0.05) is 10.8 Å². The van der Waals surface area contributed by atoms with E-state index in [1.165, 1.54) is 17.9 Å². The maximum absolute atomic E-state index is 12.2. The largest absolute Gasteiger partial charge is 0.320 e. The molecule has 0 aromatic rings. The molecule has 0 amide bonds. The van der Waals surface area contributed by atoms with E-state index < -0.39 is 7.52 Å². The van der Waals surface area contributed by atoms with Gasteiger partial charge >= 0.3 is 0 Å². The quantitative estimate of drug-likeness (QED) is 0.370. The summed E-state index contributed by atoms with van der Waals surface area (Å²) in [4.78, 5) is -0.157. The average Bonchev–Trinajstić information content (AvgIpc) is 2.16. The Labute approximate surface area is 95.3 Å². The fraction of sp³-hybridized carbons (Fsp3) is 1.00. The van der Waals surface area contributed by atoms with E-state index in [1.807, 2.05) is 20.9 Å². The van der Waals surface area contributed by atoms with Gasteiger partial charge in [-0.15, -0.1) is 11.7 Å². The molecule has 0 spiro atoms. The van der Waals surface area contributed by atoms with Crippen molar-refractivity contribution in [3.05, 3.63) is 0 Å². The van der Waals surface area contributed by atoms with Gasteiger partial charge in [0.05, 0.1) is 0 Å². The number of nitrogens with one attached hydrogen (secondary N) is 2. The van der Waals surface area contributed by atoms with Crippen LogP contribution in [0.2, 0.25) is 0 Å². The summed E-state index contributed by atoms with van der Waals surface area (Å²) in [5.74, 6) is 0. The van der Waals surface area contributed by atoms with Crippen molar-refractivity contribution in [3.8, 4) is 0 Å². The Morgan fingerprint density at radius 2 is 2.14 bits per heavy atom. The number of rotatable bonds is 7. The third-order valence-corrected chi connectivity index (χ3v) is 7.02. The zero-order valence-corrected chi connectivity index (χ0v) is 11.6. The summed E-state index contributed by atoms with van der Waals surface area (Å²) >= 11 is 4.05. The van der Waals surface area contributed by atoms with Crippen molar-refractivity contribution in [2.75, 3.05) is 20.7 Å². The van der Waals surface area contributed by atoms with Crippen molar-refractivity contribution in [2.45, 2.75) is 24.9 Å². The first kappa shape index (κ1) is 14.8. The molecule has 3 unspecified atom stereocenters. The predicted molar refractivity (Wildman–Crippen MR) is 67.2 cm³/mol. The van der Waals surface area contributed by atoms with E-state index in [2.05, 4.69) is 22.1 Å². The van der Waals surface area contributed by atoms with E-state index in [4.69, 9.17) is 4.52 Å². The van der Waals surface area contributed by atoms with Crippen molar-refractivity contribution >= 4 is 30.0 Å². The predicted octanol–water partition coefficient (Wildman–Crippen LogP) is 1.95. The first-order valence-corrected chi connectivity index (χ1v) is 8.00.